The molecule has 0 aromatic heterocycles. The molecule has 2 fully saturated rings. The number of likely N-dealkylation sites (tertiary alicyclic amines) is 1. The molecule has 2 aliphatic rings. The number of aromatic hydroxyl groups is 1. The van der Waals surface area contributed by atoms with Gasteiger partial charge >= 0.3 is 5.97 Å². The molecule has 4 unspecified atom stereocenters. The number of phenolic OH excluding ortho intramolecular Hbond substituents is 1. The van der Waals surface area contributed by atoms with Crippen LogP contribution in [0.1, 0.15) is 22.7 Å². The smallest absolute Gasteiger partial charge is 0.325 e. The van der Waals surface area contributed by atoms with E-state index in [9.17, 15) is 24.6 Å². The molecule has 4 atom stereocenters. The van der Waals surface area contributed by atoms with Crippen LogP contribution in [0.3, 0.4) is 0 Å². The van der Waals surface area contributed by atoms with Crippen LogP contribution in [0.15, 0.2) is 66.7 Å². The first kappa shape index (κ1) is 25.5. The molecule has 0 bridgehead atoms. The van der Waals surface area contributed by atoms with Gasteiger partial charge in [0.15, 0.2) is 0 Å². The Bertz CT molecular complexity index is 1400. The van der Waals surface area contributed by atoms with Gasteiger partial charge in [-0.1, -0.05) is 77.3 Å². The number of amides is 2. The van der Waals surface area contributed by atoms with Crippen LogP contribution in [0.25, 0.3) is 0 Å². The van der Waals surface area contributed by atoms with Crippen LogP contribution in [0, 0.1) is 11.8 Å². The summed E-state index contributed by atoms with van der Waals surface area (Å²) < 4.78 is 0. The van der Waals surface area contributed by atoms with Crippen molar-refractivity contribution in [3.8, 4) is 5.75 Å². The number of rotatable bonds is 6. The Morgan fingerprint density at radius 3 is 2.27 bits per heavy atom. The van der Waals surface area contributed by atoms with E-state index >= 15 is 0 Å². The third-order valence-electron chi connectivity index (χ3n) is 7.09. The van der Waals surface area contributed by atoms with Crippen molar-refractivity contribution in [3.05, 3.63) is 98.5 Å². The molecule has 2 aliphatic heterocycles. The molecule has 0 saturated carbocycles. The van der Waals surface area contributed by atoms with Crippen molar-refractivity contribution < 1.29 is 24.6 Å². The number of hydrogen-bond acceptors (Lipinski definition) is 5. The molecule has 3 aromatic rings. The van der Waals surface area contributed by atoms with Crippen LogP contribution in [-0.4, -0.2) is 38.4 Å². The Kier molecular flexibility index (Phi) is 6.66. The molecular weight excluding hydrogens is 539 g/mol. The third kappa shape index (κ3) is 4.36. The van der Waals surface area contributed by atoms with E-state index in [1.54, 1.807) is 36.4 Å². The number of fused-ring (bicyclic) bond motifs is 1. The molecule has 0 radical (unpaired) electrons. The van der Waals surface area contributed by atoms with Gasteiger partial charge < -0.3 is 10.2 Å². The van der Waals surface area contributed by atoms with Crippen molar-refractivity contribution in [1.29, 1.82) is 0 Å². The number of aliphatic carboxylic acids is 1. The summed E-state index contributed by atoms with van der Waals surface area (Å²) in [6.07, 6.45) is -0.121. The lowest BCUT2D eigenvalue weighted by Crippen LogP contribution is -2.57. The topological polar surface area (TPSA) is 107 Å². The van der Waals surface area contributed by atoms with Gasteiger partial charge in [-0.3, -0.25) is 24.6 Å². The second-order valence-corrected chi connectivity index (χ2v) is 10.5. The number of halogens is 3. The molecule has 3 N–H and O–H groups in total. The number of nitrogens with zero attached hydrogens (tertiary/aromatic N) is 1. The number of imide groups is 1. The van der Waals surface area contributed by atoms with Gasteiger partial charge in [0.2, 0.25) is 11.8 Å². The fourth-order valence-corrected chi connectivity index (χ4v) is 6.16. The minimum atomic E-state index is -1.84. The fourth-order valence-electron chi connectivity index (χ4n) is 5.42. The first-order valence-corrected chi connectivity index (χ1v) is 12.6. The fraction of sp³-hybridized carbons (Fsp3) is 0.222. The van der Waals surface area contributed by atoms with Crippen LogP contribution in [0.2, 0.25) is 15.1 Å². The zero-order valence-corrected chi connectivity index (χ0v) is 21.5. The zero-order chi connectivity index (χ0) is 26.5. The highest BCUT2D eigenvalue weighted by molar-refractivity contribution is 6.43. The van der Waals surface area contributed by atoms with Gasteiger partial charge in [0.25, 0.3) is 0 Å². The van der Waals surface area contributed by atoms with Crippen LogP contribution >= 0.6 is 34.8 Å². The minimum Gasteiger partial charge on any atom is -0.508 e. The summed E-state index contributed by atoms with van der Waals surface area (Å²) in [6, 6.07) is 17.1. The Labute approximate surface area is 227 Å². The average Bonchev–Trinajstić information content (AvgIpc) is 3.33. The van der Waals surface area contributed by atoms with Gasteiger partial charge in [0.1, 0.15) is 11.3 Å². The highest BCUT2D eigenvalue weighted by atomic mass is 35.5. The Hall–Kier alpha value is -3.10. The highest BCUT2D eigenvalue weighted by Gasteiger charge is 2.68. The number of carbonyl (C=O) groups excluding carboxylic acids is 2. The van der Waals surface area contributed by atoms with Gasteiger partial charge in [0, 0.05) is 17.5 Å². The monoisotopic (exact) mass is 558 g/mol. The maximum Gasteiger partial charge on any atom is 0.325 e. The van der Waals surface area contributed by atoms with Crippen molar-refractivity contribution in [3.63, 3.8) is 0 Å². The summed E-state index contributed by atoms with van der Waals surface area (Å²) in [5.74, 6) is -4.64. The lowest BCUT2D eigenvalue weighted by atomic mass is 9.76. The van der Waals surface area contributed by atoms with E-state index in [-0.39, 0.29) is 33.8 Å². The van der Waals surface area contributed by atoms with Gasteiger partial charge in [-0.15, -0.1) is 0 Å². The average molecular weight is 560 g/mol. The van der Waals surface area contributed by atoms with Crippen molar-refractivity contribution in [2.75, 3.05) is 0 Å². The molecule has 0 aliphatic carbocycles. The number of benzene rings is 3. The highest BCUT2D eigenvalue weighted by Crippen LogP contribution is 2.52. The van der Waals surface area contributed by atoms with Crippen molar-refractivity contribution in [2.24, 2.45) is 11.8 Å². The summed E-state index contributed by atoms with van der Waals surface area (Å²) in [6.45, 7) is 0.0111. The molecule has 0 spiro atoms. The maximum absolute atomic E-state index is 13.8. The predicted octanol–water partition coefficient (Wildman–Crippen LogP) is 4.86. The molecule has 190 valence electrons. The van der Waals surface area contributed by atoms with Gasteiger partial charge in [-0.25, -0.2) is 0 Å². The summed E-state index contributed by atoms with van der Waals surface area (Å²) in [5, 5.41) is 23.9. The number of carbonyl (C=O) groups is 3. The van der Waals surface area contributed by atoms with Crippen LogP contribution in [0.4, 0.5) is 0 Å². The lowest BCUT2D eigenvalue weighted by molar-refractivity contribution is -0.151. The summed E-state index contributed by atoms with van der Waals surface area (Å²) in [4.78, 5) is 41.7. The summed E-state index contributed by atoms with van der Waals surface area (Å²) >= 11 is 19.0. The van der Waals surface area contributed by atoms with E-state index < -0.39 is 41.2 Å². The third-order valence-corrected chi connectivity index (χ3v) is 8.12. The molecule has 2 heterocycles. The SMILES string of the molecule is O=C1C2C(c3cc(Cl)cc(Cl)c3Cl)NC(Cc3ccc(O)cc3)(C(=O)O)C2C(=O)N1Cc1ccccc1. The van der Waals surface area contributed by atoms with Gasteiger partial charge in [-0.05, 0) is 41.0 Å². The number of carboxylic acid groups (broad SMARTS) is 1. The van der Waals surface area contributed by atoms with E-state index in [1.165, 1.54) is 24.3 Å². The number of phenols is 1. The number of carboxylic acids is 1. The molecule has 2 amide bonds. The second kappa shape index (κ2) is 9.65. The number of hydrogen-bond donors (Lipinski definition) is 3. The van der Waals surface area contributed by atoms with Gasteiger partial charge in [-0.2, -0.15) is 0 Å². The van der Waals surface area contributed by atoms with E-state index in [4.69, 9.17) is 34.8 Å². The van der Waals surface area contributed by atoms with Crippen LogP contribution in [-0.2, 0) is 27.3 Å². The number of nitrogens with one attached hydrogen (secondary N) is 1. The van der Waals surface area contributed by atoms with E-state index in [2.05, 4.69) is 5.32 Å². The van der Waals surface area contributed by atoms with Crippen molar-refractivity contribution in [1.82, 2.24) is 10.2 Å². The van der Waals surface area contributed by atoms with E-state index in [0.29, 0.717) is 11.1 Å². The maximum atomic E-state index is 13.8. The first-order chi connectivity index (χ1) is 17.6. The molecule has 7 nitrogen and oxygen atoms in total. The summed E-state index contributed by atoms with van der Waals surface area (Å²) in [7, 11) is 0. The molecule has 10 heteroatoms. The Balaban J connectivity index is 1.65. The molecule has 37 heavy (non-hydrogen) atoms. The van der Waals surface area contributed by atoms with Gasteiger partial charge in [0.05, 0.1) is 28.4 Å². The lowest BCUT2D eigenvalue weighted by Gasteiger charge is -2.31. The summed E-state index contributed by atoms with van der Waals surface area (Å²) in [5.41, 5.74) is -0.213. The first-order valence-electron chi connectivity index (χ1n) is 11.4. The van der Waals surface area contributed by atoms with Crippen LogP contribution < -0.4 is 5.32 Å². The van der Waals surface area contributed by atoms with Crippen molar-refractivity contribution in [2.45, 2.75) is 24.5 Å². The minimum absolute atomic E-state index is 0.0111. The second-order valence-electron chi connectivity index (χ2n) is 9.28. The largest absolute Gasteiger partial charge is 0.508 e. The predicted molar refractivity (Wildman–Crippen MR) is 139 cm³/mol. The normalized spacial score (nSPS) is 24.9. The molecule has 3 aromatic carbocycles. The molecule has 2 saturated heterocycles. The molecular formula is C27H21Cl3N2O5. The standard InChI is InChI=1S/C27H21Cl3N2O5/c28-16-10-18(22(30)19(29)11-16)23-20-21(25(35)32(24(20)34)13-15-4-2-1-3-5-15)27(31-23,26(36)37)12-14-6-8-17(33)9-7-14/h1-11,20-21,23,31,33H,12-13H2,(H,36,37). The Morgan fingerprint density at radius 1 is 0.946 bits per heavy atom. The molecule has 5 rings (SSSR count). The van der Waals surface area contributed by atoms with Crippen LogP contribution in [0.5, 0.6) is 5.75 Å². The van der Waals surface area contributed by atoms with Crippen molar-refractivity contribution >= 4 is 52.6 Å². The zero-order valence-electron chi connectivity index (χ0n) is 19.2. The van der Waals surface area contributed by atoms with E-state index in [0.717, 1.165) is 10.5 Å². The quantitative estimate of drug-likeness (QED) is 0.294. The Morgan fingerprint density at radius 2 is 1.62 bits per heavy atom. The van der Waals surface area contributed by atoms with E-state index in [1.807, 2.05) is 6.07 Å².